The maximum atomic E-state index is 13.5. The number of carbonyl (C=O) groups is 2. The number of carbonyl (C=O) groups excluding carboxylic acids is 2. The van der Waals surface area contributed by atoms with E-state index in [9.17, 15) is 27.2 Å². The summed E-state index contributed by atoms with van der Waals surface area (Å²) in [6, 6.07) is 7.41. The zero-order valence-corrected chi connectivity index (χ0v) is 18.0. The molecular weight excluding hydrogens is 424 g/mol. The fraction of sp³-hybridized carbons (Fsp3) is 0.667. The van der Waals surface area contributed by atoms with Gasteiger partial charge in [-0.2, -0.15) is 13.2 Å². The Balaban J connectivity index is 1.28. The van der Waals surface area contributed by atoms with Gasteiger partial charge in [0.1, 0.15) is 18.1 Å². The van der Waals surface area contributed by atoms with Gasteiger partial charge >= 0.3 is 6.18 Å². The van der Waals surface area contributed by atoms with Crippen molar-refractivity contribution in [2.45, 2.75) is 57.2 Å². The van der Waals surface area contributed by atoms with E-state index in [4.69, 9.17) is 0 Å². The van der Waals surface area contributed by atoms with E-state index in [-0.39, 0.29) is 23.8 Å². The van der Waals surface area contributed by atoms with Crippen molar-refractivity contribution in [2.24, 2.45) is 16.7 Å². The first-order chi connectivity index (χ1) is 15.2. The maximum absolute atomic E-state index is 13.5. The minimum atomic E-state index is -4.70. The summed E-state index contributed by atoms with van der Waals surface area (Å²) < 4.78 is 53.8. The lowest BCUT2D eigenvalue weighted by atomic mass is 9.88. The normalized spacial score (nSPS) is 29.1. The highest BCUT2D eigenvalue weighted by atomic mass is 19.4. The Kier molecular flexibility index (Phi) is 5.06. The lowest BCUT2D eigenvalue weighted by molar-refractivity contribution is -0.224. The highest BCUT2D eigenvalue weighted by Gasteiger charge is 2.61. The summed E-state index contributed by atoms with van der Waals surface area (Å²) in [4.78, 5) is 29.3. The molecule has 32 heavy (non-hydrogen) atoms. The zero-order valence-electron chi connectivity index (χ0n) is 18.0. The number of hydrogen-bond donors (Lipinski definition) is 0. The van der Waals surface area contributed by atoms with Crippen molar-refractivity contribution in [3.63, 3.8) is 0 Å². The first kappa shape index (κ1) is 21.7. The van der Waals surface area contributed by atoms with E-state index in [1.807, 2.05) is 12.1 Å². The molecule has 1 aromatic rings. The molecule has 2 saturated heterocycles. The molecule has 2 amide bonds. The van der Waals surface area contributed by atoms with Crippen molar-refractivity contribution < 1.29 is 27.2 Å². The molecule has 2 atom stereocenters. The van der Waals surface area contributed by atoms with Gasteiger partial charge in [-0.15, -0.1) is 0 Å². The SMILES string of the molecule is O=C([C@H]1CC2(CC2)CN1C(=O)CC1Cc2ccccc2C1)N1CCC(CF)(C(F)(F)F)C1. The van der Waals surface area contributed by atoms with Gasteiger partial charge in [0.15, 0.2) is 0 Å². The lowest BCUT2D eigenvalue weighted by Gasteiger charge is -2.31. The number of rotatable bonds is 4. The molecule has 174 valence electrons. The van der Waals surface area contributed by atoms with Gasteiger partial charge in [0.25, 0.3) is 0 Å². The molecule has 0 N–H and O–H groups in total. The molecule has 4 nitrogen and oxygen atoms in total. The number of halogens is 4. The number of nitrogens with zero attached hydrogens (tertiary/aromatic N) is 2. The molecular formula is C24H28F4N2O2. The second kappa shape index (κ2) is 7.45. The van der Waals surface area contributed by atoms with Crippen molar-refractivity contribution in [2.75, 3.05) is 26.3 Å². The molecule has 2 aliphatic carbocycles. The third-order valence-corrected chi connectivity index (χ3v) is 8.19. The molecule has 4 aliphatic rings. The predicted octanol–water partition coefficient (Wildman–Crippen LogP) is 3.92. The van der Waals surface area contributed by atoms with Crippen LogP contribution in [-0.2, 0) is 22.4 Å². The third-order valence-electron chi connectivity index (χ3n) is 8.19. The van der Waals surface area contributed by atoms with Crippen LogP contribution < -0.4 is 0 Å². The van der Waals surface area contributed by atoms with Crippen LogP contribution in [0.5, 0.6) is 0 Å². The fourth-order valence-electron chi connectivity index (χ4n) is 5.92. The van der Waals surface area contributed by atoms with Crippen molar-refractivity contribution in [3.8, 4) is 0 Å². The first-order valence-corrected chi connectivity index (χ1v) is 11.4. The molecule has 1 spiro atoms. The summed E-state index contributed by atoms with van der Waals surface area (Å²) in [5, 5.41) is 0. The molecule has 1 unspecified atom stereocenters. The molecule has 0 bridgehead atoms. The molecule has 0 aromatic heterocycles. The molecule has 1 saturated carbocycles. The molecule has 3 fully saturated rings. The molecule has 1 aromatic carbocycles. The van der Waals surface area contributed by atoms with E-state index >= 15 is 0 Å². The largest absolute Gasteiger partial charge is 0.398 e. The Morgan fingerprint density at radius 1 is 1.03 bits per heavy atom. The van der Waals surface area contributed by atoms with Crippen LogP contribution in [0.4, 0.5) is 17.6 Å². The number of fused-ring (bicyclic) bond motifs is 1. The number of hydrogen-bond acceptors (Lipinski definition) is 2. The van der Waals surface area contributed by atoms with Gasteiger partial charge in [-0.3, -0.25) is 14.0 Å². The third kappa shape index (κ3) is 3.59. The summed E-state index contributed by atoms with van der Waals surface area (Å²) >= 11 is 0. The van der Waals surface area contributed by atoms with E-state index in [0.29, 0.717) is 19.4 Å². The predicted molar refractivity (Wildman–Crippen MR) is 109 cm³/mol. The monoisotopic (exact) mass is 452 g/mol. The second-order valence-corrected chi connectivity index (χ2v) is 10.4. The van der Waals surface area contributed by atoms with E-state index < -0.39 is 43.2 Å². The standard InChI is InChI=1S/C24H28F4N2O2/c25-13-23(24(26,27)28)7-8-29(15-23)21(32)19-12-22(5-6-22)14-30(19)20(31)11-16-9-17-3-1-2-4-18(17)10-16/h1-4,16,19H,5-15H2/t19-,23?/m1/s1. The topological polar surface area (TPSA) is 40.6 Å². The van der Waals surface area contributed by atoms with Crippen LogP contribution in [0.15, 0.2) is 24.3 Å². The minimum Gasteiger partial charge on any atom is -0.340 e. The van der Waals surface area contributed by atoms with Crippen molar-refractivity contribution in [1.29, 1.82) is 0 Å². The van der Waals surface area contributed by atoms with Crippen LogP contribution in [-0.4, -0.2) is 60.1 Å². The van der Waals surface area contributed by atoms with E-state index in [0.717, 1.165) is 30.6 Å². The first-order valence-electron chi connectivity index (χ1n) is 11.4. The quantitative estimate of drug-likeness (QED) is 0.650. The van der Waals surface area contributed by atoms with E-state index in [1.54, 1.807) is 4.90 Å². The van der Waals surface area contributed by atoms with Crippen LogP contribution in [0.25, 0.3) is 0 Å². The van der Waals surface area contributed by atoms with Crippen molar-refractivity contribution in [3.05, 3.63) is 35.4 Å². The van der Waals surface area contributed by atoms with Crippen molar-refractivity contribution in [1.82, 2.24) is 9.80 Å². The lowest BCUT2D eigenvalue weighted by Crippen LogP contribution is -2.49. The van der Waals surface area contributed by atoms with Gasteiger partial charge in [0.2, 0.25) is 11.8 Å². The molecule has 0 radical (unpaired) electrons. The maximum Gasteiger partial charge on any atom is 0.398 e. The Bertz CT molecular complexity index is 904. The van der Waals surface area contributed by atoms with Crippen LogP contribution in [0.1, 0.15) is 43.2 Å². The zero-order chi connectivity index (χ0) is 22.7. The molecule has 5 rings (SSSR count). The van der Waals surface area contributed by atoms with Crippen molar-refractivity contribution >= 4 is 11.8 Å². The van der Waals surface area contributed by atoms with Crippen LogP contribution in [0, 0.1) is 16.7 Å². The van der Waals surface area contributed by atoms with Gasteiger partial charge in [0.05, 0.1) is 0 Å². The van der Waals surface area contributed by atoms with Gasteiger partial charge < -0.3 is 9.80 Å². The summed E-state index contributed by atoms with van der Waals surface area (Å²) in [5.41, 5.74) is -0.0342. The number of amides is 2. The molecule has 2 aliphatic heterocycles. The van der Waals surface area contributed by atoms with Crippen LogP contribution in [0.3, 0.4) is 0 Å². The Hall–Kier alpha value is -2.12. The summed E-state index contributed by atoms with van der Waals surface area (Å²) in [6.45, 7) is -1.80. The van der Waals surface area contributed by atoms with Crippen LogP contribution in [0.2, 0.25) is 0 Å². The smallest absolute Gasteiger partial charge is 0.340 e. The summed E-state index contributed by atoms with van der Waals surface area (Å²) in [6.07, 6.45) is -0.744. The summed E-state index contributed by atoms with van der Waals surface area (Å²) in [7, 11) is 0. The number of benzene rings is 1. The molecule has 2 heterocycles. The van der Waals surface area contributed by atoms with Gasteiger partial charge in [-0.1, -0.05) is 24.3 Å². The van der Waals surface area contributed by atoms with E-state index in [2.05, 4.69) is 12.1 Å². The van der Waals surface area contributed by atoms with Crippen LogP contribution >= 0.6 is 0 Å². The fourth-order valence-corrected chi connectivity index (χ4v) is 5.92. The minimum absolute atomic E-state index is 0.0600. The Morgan fingerprint density at radius 3 is 2.22 bits per heavy atom. The highest BCUT2D eigenvalue weighted by molar-refractivity contribution is 5.89. The molecule has 8 heteroatoms. The Morgan fingerprint density at radius 2 is 1.69 bits per heavy atom. The van der Waals surface area contributed by atoms with E-state index in [1.165, 1.54) is 11.1 Å². The summed E-state index contributed by atoms with van der Waals surface area (Å²) in [5.74, 6) is -0.351. The average Bonchev–Trinajstić information content (AvgIpc) is 3.11. The Labute approximate surface area is 184 Å². The second-order valence-electron chi connectivity index (χ2n) is 10.4. The van der Waals surface area contributed by atoms with Gasteiger partial charge in [-0.25, -0.2) is 0 Å². The average molecular weight is 452 g/mol. The van der Waals surface area contributed by atoms with Gasteiger partial charge in [-0.05, 0) is 61.0 Å². The highest BCUT2D eigenvalue weighted by Crippen LogP contribution is 2.55. The number of alkyl halides is 4. The van der Waals surface area contributed by atoms with Gasteiger partial charge in [0, 0.05) is 26.1 Å². The number of likely N-dealkylation sites (tertiary alicyclic amines) is 2.